The van der Waals surface area contributed by atoms with Crippen molar-refractivity contribution in [2.24, 2.45) is 0 Å². The minimum atomic E-state index is -4.56. The summed E-state index contributed by atoms with van der Waals surface area (Å²) in [6.45, 7) is 6.10. The average molecular weight is 514 g/mol. The van der Waals surface area contributed by atoms with Gasteiger partial charge < -0.3 is 19.9 Å². The van der Waals surface area contributed by atoms with Gasteiger partial charge in [-0.3, -0.25) is 4.79 Å². The van der Waals surface area contributed by atoms with Crippen molar-refractivity contribution in [3.63, 3.8) is 0 Å². The third-order valence-corrected chi connectivity index (χ3v) is 6.11. The molecule has 0 aliphatic carbocycles. The highest BCUT2D eigenvalue weighted by molar-refractivity contribution is 6.04. The van der Waals surface area contributed by atoms with E-state index in [4.69, 9.17) is 9.47 Å². The molecule has 0 saturated carbocycles. The summed E-state index contributed by atoms with van der Waals surface area (Å²) in [6, 6.07) is 4.82. The molecule has 2 N–H and O–H groups in total. The largest absolute Gasteiger partial charge is 0.486 e. The molecule has 10 heteroatoms. The lowest BCUT2D eigenvalue weighted by molar-refractivity contribution is -0.137. The third kappa shape index (κ3) is 5.98. The van der Waals surface area contributed by atoms with E-state index in [-0.39, 0.29) is 17.9 Å². The minimum Gasteiger partial charge on any atom is -0.486 e. The summed E-state index contributed by atoms with van der Waals surface area (Å²) in [4.78, 5) is 12.8. The van der Waals surface area contributed by atoms with Crippen LogP contribution in [0.3, 0.4) is 0 Å². The van der Waals surface area contributed by atoms with Gasteiger partial charge in [0.25, 0.3) is 0 Å². The fraction of sp³-hybridized carbons (Fsp3) is 0.423. The smallest absolute Gasteiger partial charge is 0.416 e. The second-order valence-corrected chi connectivity index (χ2v) is 9.33. The van der Waals surface area contributed by atoms with Gasteiger partial charge in [-0.1, -0.05) is 19.9 Å². The standard InChI is InChI=1S/C26H28F5NO4/c1-5-25(6-2)13-15(18-8-7-16(26(29,30)31)10-21(18)35-25)9-22(34)32-17-11-19(27)23(20(28)12-17)36-24(3,4)14-33/h7-12,33H,5-6,13-14H2,1-4H3,(H,32,34)/b15-9+. The number of amides is 1. The highest BCUT2D eigenvalue weighted by Crippen LogP contribution is 2.45. The van der Waals surface area contributed by atoms with Crippen LogP contribution in [0.1, 0.15) is 58.1 Å². The molecule has 2 aromatic rings. The molecule has 1 heterocycles. The lowest BCUT2D eigenvalue weighted by Crippen LogP contribution is -2.38. The molecule has 2 aromatic carbocycles. The summed E-state index contributed by atoms with van der Waals surface area (Å²) in [7, 11) is 0. The van der Waals surface area contributed by atoms with Gasteiger partial charge in [0.2, 0.25) is 5.91 Å². The molecule has 3 rings (SSSR count). The highest BCUT2D eigenvalue weighted by atomic mass is 19.4. The first-order chi connectivity index (χ1) is 16.7. The molecule has 0 radical (unpaired) electrons. The number of nitrogens with one attached hydrogen (secondary N) is 1. The summed E-state index contributed by atoms with van der Waals surface area (Å²) < 4.78 is 79.9. The fourth-order valence-electron chi connectivity index (χ4n) is 3.91. The zero-order valence-electron chi connectivity index (χ0n) is 20.4. The molecule has 0 saturated heterocycles. The van der Waals surface area contributed by atoms with E-state index in [1.165, 1.54) is 26.0 Å². The number of hydrogen-bond donors (Lipinski definition) is 2. The van der Waals surface area contributed by atoms with E-state index in [0.29, 0.717) is 24.0 Å². The molecular formula is C26H28F5NO4. The topological polar surface area (TPSA) is 67.8 Å². The van der Waals surface area contributed by atoms with E-state index in [9.17, 15) is 31.9 Å². The van der Waals surface area contributed by atoms with Crippen LogP contribution in [0.4, 0.5) is 27.6 Å². The molecule has 1 amide bonds. The summed E-state index contributed by atoms with van der Waals surface area (Å²) in [5.41, 5.74) is -2.31. The molecule has 36 heavy (non-hydrogen) atoms. The molecule has 1 aliphatic rings. The zero-order chi connectivity index (χ0) is 26.9. The Hall–Kier alpha value is -3.14. The number of halogens is 5. The number of carbonyl (C=O) groups excluding carboxylic acids is 1. The van der Waals surface area contributed by atoms with E-state index in [0.717, 1.165) is 24.3 Å². The van der Waals surface area contributed by atoms with Crippen molar-refractivity contribution in [1.82, 2.24) is 0 Å². The van der Waals surface area contributed by atoms with Gasteiger partial charge in [-0.15, -0.1) is 0 Å². The Bertz CT molecular complexity index is 1150. The van der Waals surface area contributed by atoms with Gasteiger partial charge in [0.05, 0.1) is 12.2 Å². The van der Waals surface area contributed by atoms with Crippen LogP contribution in [0.15, 0.2) is 36.4 Å². The summed E-state index contributed by atoms with van der Waals surface area (Å²) in [5, 5.41) is 11.6. The first-order valence-electron chi connectivity index (χ1n) is 11.4. The second-order valence-electron chi connectivity index (χ2n) is 9.33. The van der Waals surface area contributed by atoms with Gasteiger partial charge in [0.15, 0.2) is 17.4 Å². The predicted octanol–water partition coefficient (Wildman–Crippen LogP) is 6.50. The van der Waals surface area contributed by atoms with E-state index < -0.39 is 52.8 Å². The monoisotopic (exact) mass is 513 g/mol. The van der Waals surface area contributed by atoms with Crippen LogP contribution in [-0.4, -0.2) is 28.8 Å². The number of hydrogen-bond acceptors (Lipinski definition) is 4. The van der Waals surface area contributed by atoms with Gasteiger partial charge in [0, 0.05) is 35.9 Å². The predicted molar refractivity (Wildman–Crippen MR) is 125 cm³/mol. The quantitative estimate of drug-likeness (QED) is 0.328. The van der Waals surface area contributed by atoms with Crippen molar-refractivity contribution in [2.75, 3.05) is 11.9 Å². The van der Waals surface area contributed by atoms with Crippen molar-refractivity contribution in [1.29, 1.82) is 0 Å². The van der Waals surface area contributed by atoms with Gasteiger partial charge >= 0.3 is 6.18 Å². The van der Waals surface area contributed by atoms with Crippen LogP contribution >= 0.6 is 0 Å². The number of anilines is 1. The molecular weight excluding hydrogens is 485 g/mol. The van der Waals surface area contributed by atoms with Crippen molar-refractivity contribution >= 4 is 17.2 Å². The number of ether oxygens (including phenoxy) is 2. The van der Waals surface area contributed by atoms with Crippen molar-refractivity contribution in [3.8, 4) is 11.5 Å². The van der Waals surface area contributed by atoms with Crippen LogP contribution in [0.25, 0.3) is 5.57 Å². The Morgan fingerprint density at radius 1 is 1.14 bits per heavy atom. The highest BCUT2D eigenvalue weighted by Gasteiger charge is 2.38. The van der Waals surface area contributed by atoms with Crippen LogP contribution in [-0.2, 0) is 11.0 Å². The number of rotatable bonds is 7. The van der Waals surface area contributed by atoms with Crippen LogP contribution in [0.5, 0.6) is 11.5 Å². The maximum Gasteiger partial charge on any atom is 0.416 e. The molecule has 0 unspecified atom stereocenters. The van der Waals surface area contributed by atoms with Crippen LogP contribution in [0.2, 0.25) is 0 Å². The molecule has 196 valence electrons. The molecule has 0 spiro atoms. The molecule has 5 nitrogen and oxygen atoms in total. The van der Waals surface area contributed by atoms with Crippen molar-refractivity contribution in [3.05, 3.63) is 59.2 Å². The van der Waals surface area contributed by atoms with Gasteiger partial charge in [-0.25, -0.2) is 8.78 Å². The van der Waals surface area contributed by atoms with Crippen molar-refractivity contribution in [2.45, 2.75) is 64.3 Å². The summed E-state index contributed by atoms with van der Waals surface area (Å²) in [6.07, 6.45) is -2.13. The minimum absolute atomic E-state index is 0.0175. The first kappa shape index (κ1) is 27.4. The second kappa shape index (κ2) is 10.1. The zero-order valence-corrected chi connectivity index (χ0v) is 20.4. The van der Waals surface area contributed by atoms with Gasteiger partial charge in [0.1, 0.15) is 17.0 Å². The Morgan fingerprint density at radius 3 is 2.28 bits per heavy atom. The third-order valence-electron chi connectivity index (χ3n) is 6.11. The lowest BCUT2D eigenvalue weighted by atomic mass is 9.83. The number of fused-ring (bicyclic) bond motifs is 1. The number of benzene rings is 2. The number of carbonyl (C=O) groups is 1. The SMILES string of the molecule is CCC1(CC)C/C(=C\C(=O)Nc2cc(F)c(OC(C)(C)CO)c(F)c2)c2ccc(C(F)(F)F)cc2O1. The van der Waals surface area contributed by atoms with E-state index in [1.54, 1.807) is 0 Å². The molecule has 0 bridgehead atoms. The maximum absolute atomic E-state index is 14.5. The van der Waals surface area contributed by atoms with Crippen LogP contribution in [0, 0.1) is 11.6 Å². The first-order valence-corrected chi connectivity index (χ1v) is 11.4. The van der Waals surface area contributed by atoms with Crippen LogP contribution < -0.4 is 14.8 Å². The number of aliphatic hydroxyl groups is 1. The normalized spacial score (nSPS) is 16.3. The summed E-state index contributed by atoms with van der Waals surface area (Å²) >= 11 is 0. The van der Waals surface area contributed by atoms with E-state index in [1.807, 2.05) is 13.8 Å². The molecule has 0 atom stereocenters. The Kier molecular flexibility index (Phi) is 7.69. The lowest BCUT2D eigenvalue weighted by Gasteiger charge is -2.39. The van der Waals surface area contributed by atoms with Crippen molar-refractivity contribution < 1.29 is 41.3 Å². The maximum atomic E-state index is 14.5. The Balaban J connectivity index is 1.93. The Morgan fingerprint density at radius 2 is 1.75 bits per heavy atom. The number of alkyl halides is 3. The van der Waals surface area contributed by atoms with Gasteiger partial charge in [-0.2, -0.15) is 13.2 Å². The molecule has 1 aliphatic heterocycles. The number of aliphatic hydroxyl groups excluding tert-OH is 1. The Labute approximate surface area is 205 Å². The van der Waals surface area contributed by atoms with E-state index >= 15 is 0 Å². The molecule has 0 fully saturated rings. The van der Waals surface area contributed by atoms with E-state index in [2.05, 4.69) is 5.32 Å². The average Bonchev–Trinajstić information content (AvgIpc) is 2.80. The van der Waals surface area contributed by atoms with Gasteiger partial charge in [-0.05, 0) is 44.4 Å². The fourth-order valence-corrected chi connectivity index (χ4v) is 3.91. The summed E-state index contributed by atoms with van der Waals surface area (Å²) in [5.74, 6) is -3.55. The molecule has 0 aromatic heterocycles.